The first-order valence-corrected chi connectivity index (χ1v) is 12.3. The quantitative estimate of drug-likeness (QED) is 0.423. The monoisotopic (exact) mass is 470 g/mol. The number of ether oxygens (including phenoxy) is 4. The van der Waals surface area contributed by atoms with Crippen LogP contribution in [-0.4, -0.2) is 86.0 Å². The van der Waals surface area contributed by atoms with Gasteiger partial charge in [-0.15, -0.1) is 0 Å². The molecule has 0 unspecified atom stereocenters. The molecule has 1 fully saturated rings. The maximum absolute atomic E-state index is 11.5. The summed E-state index contributed by atoms with van der Waals surface area (Å²) in [7, 11) is -5.05. The van der Waals surface area contributed by atoms with Crippen molar-refractivity contribution in [2.75, 3.05) is 39.9 Å². The standard InChI is InChI=1S/C17H26O11S2/c1-23-13-7-5-12(6-8-13)9-25-15-14(18)16(24-2)28-17(15,10-26-29(3,19)20)11-27-30(4,21)22/h5-8,14-16,18H,9-11H2,1-4H3/t14-,15+,16+/m0/s1. The van der Waals surface area contributed by atoms with Gasteiger partial charge < -0.3 is 24.1 Å². The minimum Gasteiger partial charge on any atom is -0.497 e. The van der Waals surface area contributed by atoms with Gasteiger partial charge in [0.05, 0.1) is 26.2 Å². The first kappa shape index (κ1) is 24.9. The summed E-state index contributed by atoms with van der Waals surface area (Å²) in [4.78, 5) is 0. The van der Waals surface area contributed by atoms with Crippen LogP contribution in [0.15, 0.2) is 24.3 Å². The third-order valence-electron chi connectivity index (χ3n) is 4.31. The van der Waals surface area contributed by atoms with Gasteiger partial charge in [0.2, 0.25) is 0 Å². The van der Waals surface area contributed by atoms with Crippen molar-refractivity contribution in [3.8, 4) is 5.75 Å². The van der Waals surface area contributed by atoms with Gasteiger partial charge in [-0.1, -0.05) is 12.1 Å². The molecule has 30 heavy (non-hydrogen) atoms. The highest BCUT2D eigenvalue weighted by Crippen LogP contribution is 2.36. The second-order valence-corrected chi connectivity index (χ2v) is 10.1. The molecule has 1 heterocycles. The number of aliphatic hydroxyl groups is 1. The van der Waals surface area contributed by atoms with Crippen molar-refractivity contribution in [3.05, 3.63) is 29.8 Å². The summed E-state index contributed by atoms with van der Waals surface area (Å²) in [6, 6.07) is 6.89. The fourth-order valence-corrected chi connectivity index (χ4v) is 3.68. The van der Waals surface area contributed by atoms with Gasteiger partial charge >= 0.3 is 0 Å². The van der Waals surface area contributed by atoms with Crippen molar-refractivity contribution in [1.82, 2.24) is 0 Å². The molecule has 0 spiro atoms. The molecule has 2 rings (SSSR count). The molecule has 1 aromatic carbocycles. The molecule has 172 valence electrons. The molecule has 0 radical (unpaired) electrons. The zero-order valence-electron chi connectivity index (χ0n) is 17.0. The number of benzene rings is 1. The lowest BCUT2D eigenvalue weighted by Crippen LogP contribution is -2.52. The largest absolute Gasteiger partial charge is 0.497 e. The van der Waals surface area contributed by atoms with Gasteiger partial charge in [0.15, 0.2) is 6.29 Å². The normalized spacial score (nSPS) is 24.1. The molecule has 0 bridgehead atoms. The lowest BCUT2D eigenvalue weighted by molar-refractivity contribution is -0.196. The predicted molar refractivity (Wildman–Crippen MR) is 104 cm³/mol. The third-order valence-corrected chi connectivity index (χ3v) is 5.41. The molecule has 1 aliphatic rings. The highest BCUT2D eigenvalue weighted by atomic mass is 32.2. The smallest absolute Gasteiger partial charge is 0.264 e. The first-order valence-electron chi connectivity index (χ1n) is 8.71. The molecule has 1 aliphatic heterocycles. The summed E-state index contributed by atoms with van der Waals surface area (Å²) in [6.45, 7) is -1.33. The van der Waals surface area contributed by atoms with Crippen LogP contribution in [0, 0.1) is 0 Å². The van der Waals surface area contributed by atoms with E-state index in [-0.39, 0.29) is 6.61 Å². The van der Waals surface area contributed by atoms with Crippen molar-refractivity contribution >= 4 is 20.2 Å². The Balaban J connectivity index is 2.29. The Morgan fingerprint density at radius 3 is 1.97 bits per heavy atom. The van der Waals surface area contributed by atoms with Crippen LogP contribution in [0.3, 0.4) is 0 Å². The van der Waals surface area contributed by atoms with E-state index in [1.54, 1.807) is 24.3 Å². The van der Waals surface area contributed by atoms with E-state index in [4.69, 9.17) is 27.3 Å². The Labute approximate surface area is 176 Å². The van der Waals surface area contributed by atoms with E-state index in [9.17, 15) is 21.9 Å². The number of hydrogen-bond donors (Lipinski definition) is 1. The van der Waals surface area contributed by atoms with Crippen LogP contribution in [0.4, 0.5) is 0 Å². The van der Waals surface area contributed by atoms with Crippen LogP contribution < -0.4 is 4.74 Å². The van der Waals surface area contributed by atoms with Crippen molar-refractivity contribution in [1.29, 1.82) is 0 Å². The van der Waals surface area contributed by atoms with E-state index in [0.717, 1.165) is 12.5 Å². The van der Waals surface area contributed by atoms with Crippen molar-refractivity contribution in [2.24, 2.45) is 0 Å². The molecule has 0 aliphatic carbocycles. The Kier molecular flexibility index (Phi) is 8.21. The molecule has 1 aromatic rings. The lowest BCUT2D eigenvalue weighted by Gasteiger charge is -2.33. The molecular formula is C17H26O11S2. The predicted octanol–water partition coefficient (Wildman–Crippen LogP) is -0.365. The topological polar surface area (TPSA) is 144 Å². The van der Waals surface area contributed by atoms with Gasteiger partial charge in [0.1, 0.15) is 36.8 Å². The fourth-order valence-electron chi connectivity index (χ4n) is 2.86. The number of hydrogen-bond acceptors (Lipinski definition) is 11. The van der Waals surface area contributed by atoms with Crippen LogP contribution in [-0.2, 0) is 49.4 Å². The van der Waals surface area contributed by atoms with E-state index in [1.165, 1.54) is 14.2 Å². The molecule has 1 N–H and O–H groups in total. The fraction of sp³-hybridized carbons (Fsp3) is 0.647. The number of rotatable bonds is 11. The molecule has 0 amide bonds. The molecule has 13 heteroatoms. The Morgan fingerprint density at radius 2 is 1.53 bits per heavy atom. The maximum atomic E-state index is 11.5. The number of methoxy groups -OCH3 is 2. The second-order valence-electron chi connectivity index (χ2n) is 6.79. The summed E-state index contributed by atoms with van der Waals surface area (Å²) >= 11 is 0. The van der Waals surface area contributed by atoms with Crippen LogP contribution in [0.25, 0.3) is 0 Å². The van der Waals surface area contributed by atoms with Crippen LogP contribution >= 0.6 is 0 Å². The average molecular weight is 471 g/mol. The van der Waals surface area contributed by atoms with E-state index < -0.39 is 57.5 Å². The summed E-state index contributed by atoms with van der Waals surface area (Å²) in [5.74, 6) is 0.639. The molecule has 1 saturated heterocycles. The van der Waals surface area contributed by atoms with Gasteiger partial charge in [0.25, 0.3) is 20.2 Å². The van der Waals surface area contributed by atoms with Crippen LogP contribution in [0.1, 0.15) is 5.56 Å². The SMILES string of the molecule is COc1ccc(CO[C@@H]2[C@H](O)[C@H](OC)OC2(COS(C)(=O)=O)COS(C)(=O)=O)cc1. The highest BCUT2D eigenvalue weighted by Gasteiger charge is 2.57. The Bertz CT molecular complexity index is 860. The van der Waals surface area contributed by atoms with Gasteiger partial charge in [-0.05, 0) is 17.7 Å². The molecule has 0 saturated carbocycles. The van der Waals surface area contributed by atoms with Crippen molar-refractivity contribution in [2.45, 2.75) is 30.7 Å². The minimum atomic E-state index is -3.92. The van der Waals surface area contributed by atoms with Gasteiger partial charge in [0, 0.05) is 7.11 Å². The Morgan fingerprint density at radius 1 is 1.00 bits per heavy atom. The van der Waals surface area contributed by atoms with Crippen LogP contribution in [0.5, 0.6) is 5.75 Å². The van der Waals surface area contributed by atoms with E-state index >= 15 is 0 Å². The Hall–Kier alpha value is -1.32. The lowest BCUT2D eigenvalue weighted by atomic mass is 9.97. The summed E-state index contributed by atoms with van der Waals surface area (Å²) in [5, 5.41) is 10.6. The maximum Gasteiger partial charge on any atom is 0.264 e. The molecule has 0 aromatic heterocycles. The summed E-state index contributed by atoms with van der Waals surface area (Å²) in [6.07, 6.45) is -2.18. The van der Waals surface area contributed by atoms with E-state index in [2.05, 4.69) is 0 Å². The van der Waals surface area contributed by atoms with Gasteiger partial charge in [-0.3, -0.25) is 8.37 Å². The highest BCUT2D eigenvalue weighted by molar-refractivity contribution is 7.86. The average Bonchev–Trinajstić information content (AvgIpc) is 2.94. The molecule has 11 nitrogen and oxygen atoms in total. The van der Waals surface area contributed by atoms with E-state index in [1.807, 2.05) is 0 Å². The third kappa shape index (κ3) is 6.85. The van der Waals surface area contributed by atoms with Crippen LogP contribution in [0.2, 0.25) is 0 Å². The summed E-state index contributed by atoms with van der Waals surface area (Å²) < 4.78 is 77.4. The van der Waals surface area contributed by atoms with E-state index in [0.29, 0.717) is 11.3 Å². The first-order chi connectivity index (χ1) is 13.9. The molecule has 3 atom stereocenters. The van der Waals surface area contributed by atoms with Gasteiger partial charge in [-0.2, -0.15) is 16.8 Å². The molecular weight excluding hydrogens is 444 g/mol. The summed E-state index contributed by atoms with van der Waals surface area (Å²) in [5.41, 5.74) is -1.07. The van der Waals surface area contributed by atoms with Crippen molar-refractivity contribution < 1.29 is 49.3 Å². The zero-order chi connectivity index (χ0) is 22.6. The van der Waals surface area contributed by atoms with Gasteiger partial charge in [-0.25, -0.2) is 0 Å². The second kappa shape index (κ2) is 9.87. The van der Waals surface area contributed by atoms with Crippen molar-refractivity contribution in [3.63, 3.8) is 0 Å². The minimum absolute atomic E-state index is 0.00891. The zero-order valence-corrected chi connectivity index (χ0v) is 18.6. The number of aliphatic hydroxyl groups excluding tert-OH is 1.